The molecule has 0 bridgehead atoms. The maximum Gasteiger partial charge on any atom is 0.234 e. The fourth-order valence-corrected chi connectivity index (χ4v) is 4.60. The van der Waals surface area contributed by atoms with Gasteiger partial charge in [0.2, 0.25) is 5.91 Å². The number of aromatic nitrogens is 3. The number of nitrogens with one attached hydrogen (secondary N) is 1. The second kappa shape index (κ2) is 10.8. The lowest BCUT2D eigenvalue weighted by molar-refractivity contribution is -0.113. The first-order chi connectivity index (χ1) is 15.7. The predicted octanol–water partition coefficient (Wildman–Crippen LogP) is 3.84. The molecule has 1 N–H and O–H groups in total. The number of carbonyl (C=O) groups is 1. The van der Waals surface area contributed by atoms with Crippen molar-refractivity contribution in [1.29, 1.82) is 0 Å². The van der Waals surface area contributed by atoms with Crippen LogP contribution in [0.3, 0.4) is 0 Å². The zero-order chi connectivity index (χ0) is 22.3. The van der Waals surface area contributed by atoms with Crippen LogP contribution in [0.5, 0.6) is 0 Å². The Labute approximate surface area is 193 Å². The number of anilines is 1. The summed E-state index contributed by atoms with van der Waals surface area (Å²) in [7, 11) is 0. The van der Waals surface area contributed by atoms with Gasteiger partial charge in [0.15, 0.2) is 11.0 Å². The third-order valence-electron chi connectivity index (χ3n) is 5.54. The summed E-state index contributed by atoms with van der Waals surface area (Å²) in [6, 6.07) is 16.1. The number of thioether (sulfide) groups is 1. The third kappa shape index (κ3) is 5.38. The fraction of sp³-hybridized carbons (Fsp3) is 0.375. The van der Waals surface area contributed by atoms with E-state index in [2.05, 4.69) is 57.0 Å². The van der Waals surface area contributed by atoms with Gasteiger partial charge in [0.1, 0.15) is 0 Å². The van der Waals surface area contributed by atoms with Gasteiger partial charge in [-0.3, -0.25) is 9.69 Å². The average Bonchev–Trinajstić information content (AvgIpc) is 3.22. The minimum Gasteiger partial charge on any atom is -0.379 e. The second-order valence-corrected chi connectivity index (χ2v) is 8.69. The summed E-state index contributed by atoms with van der Waals surface area (Å²) in [4.78, 5) is 15.1. The van der Waals surface area contributed by atoms with Crippen molar-refractivity contribution < 1.29 is 9.53 Å². The summed E-state index contributed by atoms with van der Waals surface area (Å²) in [6.45, 7) is 9.01. The van der Waals surface area contributed by atoms with E-state index in [0.717, 1.165) is 72.8 Å². The van der Waals surface area contributed by atoms with Gasteiger partial charge < -0.3 is 14.6 Å². The molecule has 0 saturated carbocycles. The lowest BCUT2D eigenvalue weighted by Gasteiger charge is -2.27. The lowest BCUT2D eigenvalue weighted by Crippen LogP contribution is -2.35. The van der Waals surface area contributed by atoms with E-state index < -0.39 is 0 Å². The van der Waals surface area contributed by atoms with E-state index in [9.17, 15) is 4.79 Å². The Balaban J connectivity index is 1.40. The Kier molecular flexibility index (Phi) is 7.57. The van der Waals surface area contributed by atoms with Crippen LogP contribution in [0, 0.1) is 6.92 Å². The van der Waals surface area contributed by atoms with E-state index in [1.54, 1.807) is 0 Å². The molecule has 4 rings (SSSR count). The first-order valence-electron chi connectivity index (χ1n) is 11.0. The van der Waals surface area contributed by atoms with E-state index in [4.69, 9.17) is 4.74 Å². The molecule has 0 aliphatic carbocycles. The average molecular weight is 452 g/mol. The van der Waals surface area contributed by atoms with Crippen LogP contribution in [0.2, 0.25) is 0 Å². The Morgan fingerprint density at radius 2 is 1.84 bits per heavy atom. The molecule has 2 heterocycles. The Hall–Kier alpha value is -2.68. The normalized spacial score (nSPS) is 14.4. The number of morpholine rings is 1. The molecule has 1 aliphatic rings. The summed E-state index contributed by atoms with van der Waals surface area (Å²) in [5, 5.41) is 12.6. The van der Waals surface area contributed by atoms with Crippen LogP contribution in [0.1, 0.15) is 18.1 Å². The molecule has 168 valence electrons. The monoisotopic (exact) mass is 451 g/mol. The van der Waals surface area contributed by atoms with Gasteiger partial charge in [-0.1, -0.05) is 54.2 Å². The Morgan fingerprint density at radius 1 is 1.09 bits per heavy atom. The second-order valence-electron chi connectivity index (χ2n) is 7.75. The Bertz CT molecular complexity index is 1060. The van der Waals surface area contributed by atoms with Gasteiger partial charge in [-0.25, -0.2) is 0 Å². The van der Waals surface area contributed by atoms with Crippen molar-refractivity contribution >= 4 is 23.4 Å². The van der Waals surface area contributed by atoms with Gasteiger partial charge in [0.25, 0.3) is 0 Å². The minimum absolute atomic E-state index is 0.0486. The predicted molar refractivity (Wildman–Crippen MR) is 128 cm³/mol. The maximum atomic E-state index is 12.7. The first kappa shape index (κ1) is 22.5. The number of amides is 1. The highest BCUT2D eigenvalue weighted by Crippen LogP contribution is 2.26. The van der Waals surface area contributed by atoms with Gasteiger partial charge in [0.05, 0.1) is 19.0 Å². The summed E-state index contributed by atoms with van der Waals surface area (Å²) in [6.07, 6.45) is 0. The standard InChI is InChI=1S/C24H29N5O2S/c1-3-29-23(20-10-6-4-8-18(20)2)26-27-24(29)32-17-22(30)25-21-11-7-5-9-19(21)16-28-12-14-31-15-13-28/h4-11H,3,12-17H2,1-2H3,(H,25,30). The van der Waals surface area contributed by atoms with Crippen molar-refractivity contribution in [2.45, 2.75) is 32.1 Å². The molecule has 1 fully saturated rings. The van der Waals surface area contributed by atoms with Gasteiger partial charge in [-0.2, -0.15) is 0 Å². The molecular weight excluding hydrogens is 422 g/mol. The zero-order valence-electron chi connectivity index (χ0n) is 18.6. The molecular formula is C24H29N5O2S. The van der Waals surface area contributed by atoms with Gasteiger partial charge in [-0.05, 0) is 31.0 Å². The molecule has 8 heteroatoms. The van der Waals surface area contributed by atoms with Gasteiger partial charge in [-0.15, -0.1) is 10.2 Å². The van der Waals surface area contributed by atoms with Crippen molar-refractivity contribution in [3.63, 3.8) is 0 Å². The van der Waals surface area contributed by atoms with Crippen molar-refractivity contribution in [1.82, 2.24) is 19.7 Å². The third-order valence-corrected chi connectivity index (χ3v) is 6.51. The number of hydrogen-bond donors (Lipinski definition) is 1. The number of carbonyl (C=O) groups excluding carboxylic acids is 1. The highest BCUT2D eigenvalue weighted by Gasteiger charge is 2.17. The van der Waals surface area contributed by atoms with Crippen LogP contribution in [0.15, 0.2) is 53.7 Å². The summed E-state index contributed by atoms with van der Waals surface area (Å²) in [5.74, 6) is 1.06. The van der Waals surface area contributed by atoms with Crippen molar-refractivity contribution in [2.75, 3.05) is 37.4 Å². The van der Waals surface area contributed by atoms with Crippen LogP contribution in [-0.4, -0.2) is 57.6 Å². The Morgan fingerprint density at radius 3 is 2.62 bits per heavy atom. The number of benzene rings is 2. The molecule has 7 nitrogen and oxygen atoms in total. The molecule has 1 aliphatic heterocycles. The van der Waals surface area contributed by atoms with Crippen molar-refractivity contribution in [2.24, 2.45) is 0 Å². The highest BCUT2D eigenvalue weighted by atomic mass is 32.2. The van der Waals surface area contributed by atoms with E-state index in [-0.39, 0.29) is 11.7 Å². The number of nitrogens with zero attached hydrogens (tertiary/aromatic N) is 4. The van der Waals surface area contributed by atoms with E-state index in [1.165, 1.54) is 11.8 Å². The molecule has 0 spiro atoms. The summed E-state index contributed by atoms with van der Waals surface area (Å²) >= 11 is 1.41. The van der Waals surface area contributed by atoms with Crippen LogP contribution < -0.4 is 5.32 Å². The topological polar surface area (TPSA) is 72.3 Å². The summed E-state index contributed by atoms with van der Waals surface area (Å²) in [5.41, 5.74) is 4.20. The molecule has 0 atom stereocenters. The van der Waals surface area contributed by atoms with Crippen LogP contribution in [-0.2, 0) is 22.6 Å². The molecule has 3 aromatic rings. The van der Waals surface area contributed by atoms with Crippen LogP contribution in [0.4, 0.5) is 5.69 Å². The highest BCUT2D eigenvalue weighted by molar-refractivity contribution is 7.99. The maximum absolute atomic E-state index is 12.7. The first-order valence-corrected chi connectivity index (χ1v) is 11.9. The largest absolute Gasteiger partial charge is 0.379 e. The number of aryl methyl sites for hydroxylation is 1. The smallest absolute Gasteiger partial charge is 0.234 e. The zero-order valence-corrected chi connectivity index (χ0v) is 19.4. The van der Waals surface area contributed by atoms with E-state index in [0.29, 0.717) is 0 Å². The molecule has 1 saturated heterocycles. The van der Waals surface area contributed by atoms with Crippen molar-refractivity contribution in [3.05, 3.63) is 59.7 Å². The van der Waals surface area contributed by atoms with Gasteiger partial charge >= 0.3 is 0 Å². The molecule has 32 heavy (non-hydrogen) atoms. The van der Waals surface area contributed by atoms with Crippen molar-refractivity contribution in [3.8, 4) is 11.4 Å². The van der Waals surface area contributed by atoms with Crippen LogP contribution in [0.25, 0.3) is 11.4 Å². The van der Waals surface area contributed by atoms with E-state index >= 15 is 0 Å². The fourth-order valence-electron chi connectivity index (χ4n) is 3.80. The quantitative estimate of drug-likeness (QED) is 0.525. The molecule has 0 radical (unpaired) electrons. The molecule has 0 unspecified atom stereocenters. The number of ether oxygens (including phenoxy) is 1. The van der Waals surface area contributed by atoms with Gasteiger partial charge in [0, 0.05) is 37.4 Å². The molecule has 2 aromatic carbocycles. The SMILES string of the molecule is CCn1c(SCC(=O)Nc2ccccc2CN2CCOCC2)nnc1-c1ccccc1C. The molecule has 1 amide bonds. The summed E-state index contributed by atoms with van der Waals surface area (Å²) < 4.78 is 7.50. The lowest BCUT2D eigenvalue weighted by atomic mass is 10.1. The number of rotatable bonds is 8. The minimum atomic E-state index is -0.0486. The number of hydrogen-bond acceptors (Lipinski definition) is 6. The van der Waals surface area contributed by atoms with Crippen LogP contribution >= 0.6 is 11.8 Å². The number of para-hydroxylation sites is 1. The van der Waals surface area contributed by atoms with E-state index in [1.807, 2.05) is 30.3 Å². The molecule has 1 aromatic heterocycles.